The summed E-state index contributed by atoms with van der Waals surface area (Å²) in [7, 11) is -3.24. The Balaban J connectivity index is 3.09. The van der Waals surface area contributed by atoms with Crippen LogP contribution in [-0.4, -0.2) is 37.0 Å². The Morgan fingerprint density at radius 3 is 2.57 bits per heavy atom. The van der Waals surface area contributed by atoms with E-state index in [1.165, 1.54) is 0 Å². The van der Waals surface area contributed by atoms with E-state index in [1.54, 1.807) is 6.92 Å². The molecule has 1 rings (SSSR count). The maximum atomic E-state index is 11.4. The van der Waals surface area contributed by atoms with Crippen LogP contribution < -0.4 is 5.73 Å². The minimum Gasteiger partial charge on any atom is -0.481 e. The molecule has 1 aliphatic heterocycles. The third kappa shape index (κ3) is 1.76. The molecule has 3 N–H and O–H groups in total. The molecule has 2 unspecified atom stereocenters. The van der Waals surface area contributed by atoms with Gasteiger partial charge < -0.3 is 10.8 Å². The van der Waals surface area contributed by atoms with Gasteiger partial charge >= 0.3 is 5.97 Å². The second-order valence-electron chi connectivity index (χ2n) is 3.80. The van der Waals surface area contributed by atoms with Crippen molar-refractivity contribution < 1.29 is 18.3 Å². The van der Waals surface area contributed by atoms with Crippen molar-refractivity contribution >= 4 is 15.8 Å². The van der Waals surface area contributed by atoms with Crippen LogP contribution in [0.4, 0.5) is 0 Å². The van der Waals surface area contributed by atoms with Gasteiger partial charge in [-0.3, -0.25) is 4.79 Å². The fraction of sp³-hybridized carbons (Fsp3) is 0.875. The summed E-state index contributed by atoms with van der Waals surface area (Å²) >= 11 is 0. The molecular formula is C8H15NO4S. The highest BCUT2D eigenvalue weighted by Gasteiger charge is 2.49. The van der Waals surface area contributed by atoms with E-state index in [-0.39, 0.29) is 24.3 Å². The van der Waals surface area contributed by atoms with Crippen molar-refractivity contribution in [3.05, 3.63) is 0 Å². The molecule has 1 heterocycles. The predicted molar refractivity (Wildman–Crippen MR) is 51.6 cm³/mol. The molecule has 1 aliphatic rings. The van der Waals surface area contributed by atoms with Crippen LogP contribution in [0.1, 0.15) is 19.8 Å². The molecule has 0 aromatic rings. The van der Waals surface area contributed by atoms with E-state index < -0.39 is 27.3 Å². The summed E-state index contributed by atoms with van der Waals surface area (Å²) in [5.41, 5.74) is 4.42. The average molecular weight is 221 g/mol. The third-order valence-electron chi connectivity index (χ3n) is 2.98. The molecule has 1 saturated heterocycles. The molecule has 2 atom stereocenters. The fourth-order valence-corrected chi connectivity index (χ4v) is 3.97. The highest BCUT2D eigenvalue weighted by molar-refractivity contribution is 7.91. The maximum absolute atomic E-state index is 11.4. The zero-order valence-corrected chi connectivity index (χ0v) is 8.88. The van der Waals surface area contributed by atoms with E-state index in [1.807, 2.05) is 0 Å². The average Bonchev–Trinajstić information content (AvgIpc) is 2.09. The second-order valence-corrected chi connectivity index (χ2v) is 5.99. The van der Waals surface area contributed by atoms with E-state index in [9.17, 15) is 13.2 Å². The monoisotopic (exact) mass is 221 g/mol. The third-order valence-corrected chi connectivity index (χ3v) is 4.80. The van der Waals surface area contributed by atoms with E-state index in [0.717, 1.165) is 0 Å². The van der Waals surface area contributed by atoms with Crippen molar-refractivity contribution in [2.45, 2.75) is 25.8 Å². The number of rotatable bonds is 2. The van der Waals surface area contributed by atoms with Gasteiger partial charge in [-0.15, -0.1) is 0 Å². The van der Waals surface area contributed by atoms with Gasteiger partial charge in [0.25, 0.3) is 0 Å². The van der Waals surface area contributed by atoms with Crippen molar-refractivity contribution in [3.8, 4) is 0 Å². The van der Waals surface area contributed by atoms with Crippen LogP contribution in [0.15, 0.2) is 0 Å². The fourth-order valence-electron chi connectivity index (χ4n) is 1.89. The number of nitrogens with two attached hydrogens (primary N) is 1. The number of aliphatic carboxylic acids is 1. The minimum absolute atomic E-state index is 0.00317. The molecule has 0 bridgehead atoms. The zero-order chi connectivity index (χ0) is 11.0. The van der Waals surface area contributed by atoms with Gasteiger partial charge in [-0.25, -0.2) is 8.42 Å². The van der Waals surface area contributed by atoms with Gasteiger partial charge in [0.2, 0.25) is 0 Å². The summed E-state index contributed by atoms with van der Waals surface area (Å²) in [4.78, 5) is 11.1. The quantitative estimate of drug-likeness (QED) is 0.662. The van der Waals surface area contributed by atoms with Crippen LogP contribution in [0.5, 0.6) is 0 Å². The summed E-state index contributed by atoms with van der Waals surface area (Å²) in [6.07, 6.45) is 0.491. The largest absolute Gasteiger partial charge is 0.481 e. The molecule has 0 spiro atoms. The lowest BCUT2D eigenvalue weighted by Crippen LogP contribution is -2.55. The Hall–Kier alpha value is -0.620. The minimum atomic E-state index is -3.24. The standard InChI is InChI=1S/C8H15NO4S/c1-2-8(7(10)11)5-14(12,13)4-3-6(8)9/h6H,2-5,9H2,1H3,(H,10,11). The molecular weight excluding hydrogens is 206 g/mol. The Morgan fingerprint density at radius 2 is 2.21 bits per heavy atom. The van der Waals surface area contributed by atoms with Crippen molar-refractivity contribution in [1.29, 1.82) is 0 Å². The summed E-state index contributed by atoms with van der Waals surface area (Å²) in [6.45, 7) is 1.66. The SMILES string of the molecule is CCC1(C(=O)O)CS(=O)(=O)CCC1N. The first-order chi connectivity index (χ1) is 6.34. The number of hydrogen-bond acceptors (Lipinski definition) is 4. The van der Waals surface area contributed by atoms with Crippen LogP contribution in [0.25, 0.3) is 0 Å². The van der Waals surface area contributed by atoms with Gasteiger partial charge in [-0.1, -0.05) is 6.92 Å². The Morgan fingerprint density at radius 1 is 1.64 bits per heavy atom. The maximum Gasteiger partial charge on any atom is 0.312 e. The van der Waals surface area contributed by atoms with Crippen LogP contribution in [0.2, 0.25) is 0 Å². The second kappa shape index (κ2) is 3.51. The molecule has 1 fully saturated rings. The Labute approximate surface area is 83.2 Å². The lowest BCUT2D eigenvalue weighted by atomic mass is 9.78. The van der Waals surface area contributed by atoms with Gasteiger partial charge in [0.15, 0.2) is 9.84 Å². The Kier molecular flexibility index (Phi) is 2.87. The smallest absolute Gasteiger partial charge is 0.312 e. The van der Waals surface area contributed by atoms with Crippen LogP contribution in [-0.2, 0) is 14.6 Å². The normalized spacial score (nSPS) is 36.6. The number of sulfone groups is 1. The lowest BCUT2D eigenvalue weighted by molar-refractivity contribution is -0.149. The molecule has 5 nitrogen and oxygen atoms in total. The van der Waals surface area contributed by atoms with Crippen molar-refractivity contribution in [2.24, 2.45) is 11.1 Å². The van der Waals surface area contributed by atoms with Gasteiger partial charge in [0.05, 0.1) is 16.9 Å². The summed E-state index contributed by atoms with van der Waals surface area (Å²) in [5.74, 6) is -1.42. The first-order valence-electron chi connectivity index (χ1n) is 4.53. The molecule has 14 heavy (non-hydrogen) atoms. The van der Waals surface area contributed by atoms with E-state index in [0.29, 0.717) is 0 Å². The molecule has 0 saturated carbocycles. The number of carbonyl (C=O) groups is 1. The van der Waals surface area contributed by atoms with Crippen LogP contribution in [0, 0.1) is 5.41 Å². The molecule has 0 aromatic carbocycles. The summed E-state index contributed by atoms with van der Waals surface area (Å²) in [5, 5.41) is 9.05. The van der Waals surface area contributed by atoms with Gasteiger partial charge in [-0.05, 0) is 12.8 Å². The number of carboxylic acid groups (broad SMARTS) is 1. The highest BCUT2D eigenvalue weighted by atomic mass is 32.2. The van der Waals surface area contributed by atoms with Crippen molar-refractivity contribution in [2.75, 3.05) is 11.5 Å². The topological polar surface area (TPSA) is 97.5 Å². The van der Waals surface area contributed by atoms with Crippen molar-refractivity contribution in [1.82, 2.24) is 0 Å². The van der Waals surface area contributed by atoms with Gasteiger partial charge in [0.1, 0.15) is 0 Å². The summed E-state index contributed by atoms with van der Waals surface area (Å²) in [6, 6.07) is -0.562. The van der Waals surface area contributed by atoms with Gasteiger partial charge in [-0.2, -0.15) is 0 Å². The molecule has 0 radical (unpaired) electrons. The number of hydrogen-bond donors (Lipinski definition) is 2. The molecule has 82 valence electrons. The predicted octanol–water partition coefficient (Wildman–Crippen LogP) is -0.387. The van der Waals surface area contributed by atoms with Crippen LogP contribution >= 0.6 is 0 Å². The van der Waals surface area contributed by atoms with Crippen LogP contribution in [0.3, 0.4) is 0 Å². The van der Waals surface area contributed by atoms with Gasteiger partial charge in [0, 0.05) is 6.04 Å². The molecule has 6 heteroatoms. The van der Waals surface area contributed by atoms with Crippen molar-refractivity contribution in [3.63, 3.8) is 0 Å². The molecule has 0 amide bonds. The van der Waals surface area contributed by atoms with E-state index in [2.05, 4.69) is 0 Å². The number of carboxylic acids is 1. The highest BCUT2D eigenvalue weighted by Crippen LogP contribution is 2.34. The molecule has 0 aromatic heterocycles. The lowest BCUT2D eigenvalue weighted by Gasteiger charge is -2.37. The first kappa shape index (κ1) is 11.5. The first-order valence-corrected chi connectivity index (χ1v) is 6.35. The Bertz CT molecular complexity index is 337. The van der Waals surface area contributed by atoms with E-state index in [4.69, 9.17) is 10.8 Å². The summed E-state index contributed by atoms with van der Waals surface area (Å²) < 4.78 is 22.7. The van der Waals surface area contributed by atoms with E-state index >= 15 is 0 Å². The zero-order valence-electron chi connectivity index (χ0n) is 8.06. The molecule has 0 aliphatic carbocycles.